The van der Waals surface area contributed by atoms with Crippen LogP contribution in [-0.4, -0.2) is 36.4 Å². The number of amides is 2. The molecule has 0 saturated heterocycles. The van der Waals surface area contributed by atoms with Crippen LogP contribution in [0.4, 0.5) is 0 Å². The van der Waals surface area contributed by atoms with Gasteiger partial charge in [0.1, 0.15) is 11.8 Å². The van der Waals surface area contributed by atoms with Crippen LogP contribution in [0.15, 0.2) is 40.9 Å². The minimum atomic E-state index is -0.709. The van der Waals surface area contributed by atoms with Gasteiger partial charge in [0.15, 0.2) is 6.61 Å². The maximum absolute atomic E-state index is 13.0. The Kier molecular flexibility index (Phi) is 8.81. The third-order valence-electron chi connectivity index (χ3n) is 4.92. The van der Waals surface area contributed by atoms with Crippen molar-refractivity contribution in [2.24, 2.45) is 0 Å². The van der Waals surface area contributed by atoms with E-state index in [-0.39, 0.29) is 30.4 Å². The van der Waals surface area contributed by atoms with E-state index in [4.69, 9.17) is 27.9 Å². The number of nitrogens with zero attached hydrogens (tertiary/aromatic N) is 1. The average molecular weight is 530 g/mol. The van der Waals surface area contributed by atoms with Crippen LogP contribution in [0, 0.1) is 0 Å². The number of likely N-dealkylation sites (N-methyl/N-ethyl adjacent to an activating group) is 1. The Morgan fingerprint density at radius 1 is 1.16 bits per heavy atom. The fraction of sp³-hybridized carbons (Fsp3) is 0.391. The summed E-state index contributed by atoms with van der Waals surface area (Å²) in [7, 11) is 1.53. The first-order valence-electron chi connectivity index (χ1n) is 9.82. The summed E-state index contributed by atoms with van der Waals surface area (Å²) in [5.74, 6) is -0.0681. The van der Waals surface area contributed by atoms with Crippen molar-refractivity contribution >= 4 is 50.9 Å². The van der Waals surface area contributed by atoms with Crippen LogP contribution < -0.4 is 10.1 Å². The Morgan fingerprint density at radius 2 is 1.84 bits per heavy atom. The summed E-state index contributed by atoms with van der Waals surface area (Å²) in [6.45, 7) is 7.96. The van der Waals surface area contributed by atoms with Crippen LogP contribution in [0.1, 0.15) is 38.8 Å². The second kappa shape index (κ2) is 10.7. The average Bonchev–Trinajstić information content (AvgIpc) is 2.70. The Balaban J connectivity index is 2.20. The first kappa shape index (κ1) is 25.5. The highest BCUT2D eigenvalue weighted by atomic mass is 79.9. The molecule has 0 saturated carbocycles. The van der Waals surface area contributed by atoms with Crippen molar-refractivity contribution in [2.45, 2.75) is 45.7 Å². The summed E-state index contributed by atoms with van der Waals surface area (Å²) in [5, 5.41) is 3.50. The second-order valence-electron chi connectivity index (χ2n) is 8.23. The molecule has 0 aliphatic rings. The van der Waals surface area contributed by atoms with Crippen molar-refractivity contribution in [2.75, 3.05) is 13.7 Å². The van der Waals surface area contributed by atoms with E-state index < -0.39 is 6.04 Å². The van der Waals surface area contributed by atoms with Crippen molar-refractivity contribution in [1.29, 1.82) is 0 Å². The molecule has 0 fully saturated rings. The number of halogens is 3. The quantitative estimate of drug-likeness (QED) is 0.508. The molecule has 5 nitrogen and oxygen atoms in total. The van der Waals surface area contributed by atoms with Crippen LogP contribution in [-0.2, 0) is 21.5 Å². The van der Waals surface area contributed by atoms with Crippen LogP contribution in [0.2, 0.25) is 10.0 Å². The number of ether oxygens (including phenoxy) is 1. The molecular weight excluding hydrogens is 503 g/mol. The van der Waals surface area contributed by atoms with Crippen LogP contribution >= 0.6 is 39.1 Å². The molecule has 1 N–H and O–H groups in total. The van der Waals surface area contributed by atoms with Gasteiger partial charge in [0.25, 0.3) is 5.91 Å². The number of nitrogens with one attached hydrogen (secondary N) is 1. The molecule has 0 heterocycles. The first-order valence-corrected chi connectivity index (χ1v) is 11.4. The Hall–Kier alpha value is -1.76. The molecule has 0 aliphatic heterocycles. The Bertz CT molecular complexity index is 960. The molecule has 2 aromatic carbocycles. The van der Waals surface area contributed by atoms with Crippen LogP contribution in [0.25, 0.3) is 0 Å². The molecule has 2 rings (SSSR count). The van der Waals surface area contributed by atoms with Gasteiger partial charge in [0.05, 0.1) is 4.47 Å². The van der Waals surface area contributed by atoms with E-state index >= 15 is 0 Å². The van der Waals surface area contributed by atoms with Gasteiger partial charge in [-0.15, -0.1) is 0 Å². The molecule has 0 aliphatic carbocycles. The van der Waals surface area contributed by atoms with Crippen molar-refractivity contribution in [3.63, 3.8) is 0 Å². The number of benzene rings is 2. The molecule has 31 heavy (non-hydrogen) atoms. The number of hydrogen-bond donors (Lipinski definition) is 1. The Labute approximate surface area is 202 Å². The molecule has 168 valence electrons. The van der Waals surface area contributed by atoms with E-state index in [0.29, 0.717) is 21.4 Å². The van der Waals surface area contributed by atoms with Gasteiger partial charge in [0.2, 0.25) is 5.91 Å². The fourth-order valence-electron chi connectivity index (χ4n) is 2.93. The minimum Gasteiger partial charge on any atom is -0.483 e. The van der Waals surface area contributed by atoms with E-state index in [1.807, 2.05) is 18.2 Å². The fourth-order valence-corrected chi connectivity index (χ4v) is 3.89. The third kappa shape index (κ3) is 6.86. The number of carbonyl (C=O) groups excluding carboxylic acids is 2. The zero-order valence-corrected chi connectivity index (χ0v) is 21.4. The normalized spacial score (nSPS) is 12.3. The zero-order valence-electron chi connectivity index (χ0n) is 18.3. The van der Waals surface area contributed by atoms with E-state index in [9.17, 15) is 9.59 Å². The lowest BCUT2D eigenvalue weighted by molar-refractivity contribution is -0.142. The van der Waals surface area contributed by atoms with Crippen molar-refractivity contribution in [3.05, 3.63) is 62.0 Å². The maximum Gasteiger partial charge on any atom is 0.261 e. The zero-order chi connectivity index (χ0) is 23.3. The van der Waals surface area contributed by atoms with Crippen LogP contribution in [0.3, 0.4) is 0 Å². The first-order chi connectivity index (χ1) is 14.4. The summed E-state index contributed by atoms with van der Waals surface area (Å²) in [6, 6.07) is 10.1. The van der Waals surface area contributed by atoms with E-state index in [1.165, 1.54) is 11.9 Å². The summed E-state index contributed by atoms with van der Waals surface area (Å²) in [5.41, 5.74) is 1.82. The topological polar surface area (TPSA) is 58.6 Å². The van der Waals surface area contributed by atoms with Gasteiger partial charge in [-0.2, -0.15) is 0 Å². The lowest BCUT2D eigenvalue weighted by Crippen LogP contribution is -2.48. The molecule has 2 aromatic rings. The molecule has 0 unspecified atom stereocenters. The van der Waals surface area contributed by atoms with E-state index in [1.54, 1.807) is 25.1 Å². The highest BCUT2D eigenvalue weighted by molar-refractivity contribution is 9.10. The lowest BCUT2D eigenvalue weighted by atomic mass is 9.87. The van der Waals surface area contributed by atoms with Gasteiger partial charge >= 0.3 is 0 Å². The summed E-state index contributed by atoms with van der Waals surface area (Å²) in [6.07, 6.45) is 0. The molecular formula is C23H27BrCl2N2O3. The molecule has 0 bridgehead atoms. The summed E-state index contributed by atoms with van der Waals surface area (Å²) < 4.78 is 6.54. The highest BCUT2D eigenvalue weighted by Gasteiger charge is 2.27. The van der Waals surface area contributed by atoms with Gasteiger partial charge in [-0.1, -0.05) is 56.1 Å². The standard InChI is InChI=1S/C23H27BrCl2N2O3/c1-14(22(30)27-5)28(12-15-6-8-17(25)11-19(15)26)21(29)13-31-20-9-7-16(10-18(20)24)23(2,3)4/h6-11,14H,12-13H2,1-5H3,(H,27,30)/t14-/m0/s1. The predicted octanol–water partition coefficient (Wildman–Crippen LogP) is 5.60. The predicted molar refractivity (Wildman–Crippen MR) is 129 cm³/mol. The van der Waals surface area contributed by atoms with Gasteiger partial charge < -0.3 is 15.0 Å². The third-order valence-corrected chi connectivity index (χ3v) is 6.13. The SMILES string of the molecule is CNC(=O)[C@H](C)N(Cc1ccc(Cl)cc1Cl)C(=O)COc1ccc(C(C)(C)C)cc1Br. The summed E-state index contributed by atoms with van der Waals surface area (Å²) >= 11 is 15.8. The van der Waals surface area contributed by atoms with Crippen molar-refractivity contribution in [3.8, 4) is 5.75 Å². The molecule has 2 amide bonds. The molecule has 0 aromatic heterocycles. The largest absolute Gasteiger partial charge is 0.483 e. The van der Waals surface area contributed by atoms with E-state index in [2.05, 4.69) is 42.0 Å². The smallest absolute Gasteiger partial charge is 0.261 e. The monoisotopic (exact) mass is 528 g/mol. The van der Waals surface area contributed by atoms with Gasteiger partial charge in [0, 0.05) is 23.6 Å². The number of hydrogen-bond acceptors (Lipinski definition) is 3. The molecule has 8 heteroatoms. The van der Waals surface area contributed by atoms with Crippen molar-refractivity contribution < 1.29 is 14.3 Å². The summed E-state index contributed by atoms with van der Waals surface area (Å²) in [4.78, 5) is 26.7. The highest BCUT2D eigenvalue weighted by Crippen LogP contribution is 2.31. The van der Waals surface area contributed by atoms with Gasteiger partial charge in [-0.3, -0.25) is 9.59 Å². The molecule has 0 radical (unpaired) electrons. The lowest BCUT2D eigenvalue weighted by Gasteiger charge is -2.28. The number of carbonyl (C=O) groups is 2. The second-order valence-corrected chi connectivity index (χ2v) is 9.93. The number of rotatable bonds is 7. The van der Waals surface area contributed by atoms with Crippen molar-refractivity contribution in [1.82, 2.24) is 10.2 Å². The molecule has 0 spiro atoms. The van der Waals surface area contributed by atoms with Gasteiger partial charge in [-0.05, 0) is 63.7 Å². The van der Waals surface area contributed by atoms with Gasteiger partial charge in [-0.25, -0.2) is 0 Å². The maximum atomic E-state index is 13.0. The Morgan fingerprint density at radius 3 is 2.39 bits per heavy atom. The van der Waals surface area contributed by atoms with Crippen LogP contribution in [0.5, 0.6) is 5.75 Å². The molecule has 1 atom stereocenters. The minimum absolute atomic E-state index is 0.00549. The van der Waals surface area contributed by atoms with E-state index in [0.717, 1.165) is 10.0 Å².